The topological polar surface area (TPSA) is 50.8 Å². The minimum Gasteiger partial charge on any atom is -0.493 e. The molecule has 0 spiro atoms. The first-order chi connectivity index (χ1) is 14.9. The number of nitrogens with zero attached hydrogens (tertiary/aromatic N) is 1. The molecule has 1 fully saturated rings. The number of rotatable bonds is 8. The number of carbonyl (C=O) groups is 1. The van der Waals surface area contributed by atoms with Crippen LogP contribution in [0, 0.1) is 11.6 Å². The Morgan fingerprint density at radius 1 is 1.19 bits per heavy atom. The molecule has 0 atom stereocenters. The van der Waals surface area contributed by atoms with Gasteiger partial charge in [0.2, 0.25) is 0 Å². The Kier molecular flexibility index (Phi) is 8.26. The lowest BCUT2D eigenvalue weighted by Crippen LogP contribution is -2.44. The van der Waals surface area contributed by atoms with Crippen molar-refractivity contribution in [1.29, 1.82) is 0 Å². The Balaban J connectivity index is 1.56. The van der Waals surface area contributed by atoms with Crippen molar-refractivity contribution >= 4 is 21.8 Å². The molecule has 0 radical (unpaired) electrons. The number of ether oxygens (including phenoxy) is 2. The third-order valence-corrected chi connectivity index (χ3v) is 5.84. The zero-order chi connectivity index (χ0) is 22.4. The quantitative estimate of drug-likeness (QED) is 0.563. The zero-order valence-electron chi connectivity index (χ0n) is 17.7. The molecule has 1 amide bonds. The standard InChI is InChI=1S/C23H27BrF2N2O3/c1-3-10-31-22-18(24)12-16(13-21(22)30-2)23(29)27-17-6-8-28(9-7-17)14-15-4-5-19(25)20(26)11-15/h4-5,11-13,17H,3,6-10,14H2,1-2H3,(H,27,29). The van der Waals surface area contributed by atoms with Crippen LogP contribution in [-0.2, 0) is 6.54 Å². The van der Waals surface area contributed by atoms with Crippen molar-refractivity contribution in [2.45, 2.75) is 38.8 Å². The van der Waals surface area contributed by atoms with Crippen molar-refractivity contribution in [2.24, 2.45) is 0 Å². The van der Waals surface area contributed by atoms with E-state index in [0.29, 0.717) is 34.7 Å². The highest BCUT2D eigenvalue weighted by molar-refractivity contribution is 9.10. The van der Waals surface area contributed by atoms with Gasteiger partial charge in [0.05, 0.1) is 18.2 Å². The maximum Gasteiger partial charge on any atom is 0.251 e. The number of nitrogens with one attached hydrogen (secondary N) is 1. The van der Waals surface area contributed by atoms with Crippen LogP contribution in [0.25, 0.3) is 0 Å². The molecule has 2 aromatic carbocycles. The molecule has 1 saturated heterocycles. The number of hydrogen-bond donors (Lipinski definition) is 1. The van der Waals surface area contributed by atoms with Crippen LogP contribution in [0.3, 0.4) is 0 Å². The van der Waals surface area contributed by atoms with Gasteiger partial charge in [-0.2, -0.15) is 0 Å². The molecule has 31 heavy (non-hydrogen) atoms. The maximum atomic E-state index is 13.4. The lowest BCUT2D eigenvalue weighted by molar-refractivity contribution is 0.0908. The summed E-state index contributed by atoms with van der Waals surface area (Å²) < 4.78 is 38.3. The largest absolute Gasteiger partial charge is 0.493 e. The van der Waals surface area contributed by atoms with Crippen molar-refractivity contribution in [2.75, 3.05) is 26.8 Å². The fraction of sp³-hybridized carbons (Fsp3) is 0.435. The second-order valence-electron chi connectivity index (χ2n) is 7.61. The van der Waals surface area contributed by atoms with Crippen LogP contribution in [-0.4, -0.2) is 43.7 Å². The number of methoxy groups -OCH3 is 1. The Labute approximate surface area is 189 Å². The molecule has 1 aliphatic heterocycles. The summed E-state index contributed by atoms with van der Waals surface area (Å²) in [5, 5.41) is 3.08. The molecule has 5 nitrogen and oxygen atoms in total. The Bertz CT molecular complexity index is 918. The van der Waals surface area contributed by atoms with Crippen LogP contribution in [0.15, 0.2) is 34.8 Å². The van der Waals surface area contributed by atoms with Gasteiger partial charge in [0, 0.05) is 31.2 Å². The first-order valence-corrected chi connectivity index (χ1v) is 11.2. The number of benzene rings is 2. The molecule has 0 aliphatic carbocycles. The lowest BCUT2D eigenvalue weighted by atomic mass is 10.0. The van der Waals surface area contributed by atoms with E-state index in [9.17, 15) is 13.6 Å². The van der Waals surface area contributed by atoms with Crippen LogP contribution < -0.4 is 14.8 Å². The van der Waals surface area contributed by atoms with E-state index in [1.54, 1.807) is 25.3 Å². The van der Waals surface area contributed by atoms with Crippen LogP contribution in [0.5, 0.6) is 11.5 Å². The van der Waals surface area contributed by atoms with Crippen molar-refractivity contribution < 1.29 is 23.0 Å². The molecule has 1 heterocycles. The molecule has 0 saturated carbocycles. The molecule has 1 aliphatic rings. The predicted molar refractivity (Wildman–Crippen MR) is 119 cm³/mol. The van der Waals surface area contributed by atoms with Gasteiger partial charge < -0.3 is 14.8 Å². The van der Waals surface area contributed by atoms with E-state index in [1.165, 1.54) is 6.07 Å². The number of carbonyl (C=O) groups excluding carboxylic acids is 1. The summed E-state index contributed by atoms with van der Waals surface area (Å²) in [5.74, 6) is -0.730. The van der Waals surface area contributed by atoms with Crippen LogP contribution in [0.4, 0.5) is 8.78 Å². The van der Waals surface area contributed by atoms with Crippen LogP contribution in [0.1, 0.15) is 42.1 Å². The monoisotopic (exact) mass is 496 g/mol. The highest BCUT2D eigenvalue weighted by Gasteiger charge is 2.23. The molecule has 0 aromatic heterocycles. The van der Waals surface area contributed by atoms with Gasteiger partial charge in [0.25, 0.3) is 5.91 Å². The molecule has 3 rings (SSSR count). The minimum absolute atomic E-state index is 0.0505. The summed E-state index contributed by atoms with van der Waals surface area (Å²) in [6, 6.07) is 7.47. The van der Waals surface area contributed by atoms with Gasteiger partial charge in [-0.1, -0.05) is 13.0 Å². The summed E-state index contributed by atoms with van der Waals surface area (Å²) >= 11 is 3.47. The van der Waals surface area contributed by atoms with Crippen molar-refractivity contribution in [3.8, 4) is 11.5 Å². The average Bonchev–Trinajstić information content (AvgIpc) is 2.76. The second kappa shape index (κ2) is 10.9. The van der Waals surface area contributed by atoms with Crippen LogP contribution in [0.2, 0.25) is 0 Å². The maximum absolute atomic E-state index is 13.4. The summed E-state index contributed by atoms with van der Waals surface area (Å²) in [4.78, 5) is 15.0. The number of piperidine rings is 1. The number of likely N-dealkylation sites (tertiary alicyclic amines) is 1. The van der Waals surface area contributed by atoms with Gasteiger partial charge in [-0.3, -0.25) is 9.69 Å². The summed E-state index contributed by atoms with van der Waals surface area (Å²) in [5.41, 5.74) is 1.24. The summed E-state index contributed by atoms with van der Waals surface area (Å²) in [6.07, 6.45) is 2.43. The highest BCUT2D eigenvalue weighted by Crippen LogP contribution is 2.36. The summed E-state index contributed by atoms with van der Waals surface area (Å²) in [6.45, 7) is 4.66. The minimum atomic E-state index is -0.835. The lowest BCUT2D eigenvalue weighted by Gasteiger charge is -2.32. The molecule has 2 aromatic rings. The fourth-order valence-corrected chi connectivity index (χ4v) is 4.15. The smallest absolute Gasteiger partial charge is 0.251 e. The molecule has 0 bridgehead atoms. The second-order valence-corrected chi connectivity index (χ2v) is 8.46. The Morgan fingerprint density at radius 3 is 2.58 bits per heavy atom. The van der Waals surface area contributed by atoms with Gasteiger partial charge in [0.1, 0.15) is 0 Å². The Morgan fingerprint density at radius 2 is 1.94 bits per heavy atom. The van der Waals surface area contributed by atoms with E-state index in [-0.39, 0.29) is 11.9 Å². The zero-order valence-corrected chi connectivity index (χ0v) is 19.3. The molecular formula is C23H27BrF2N2O3. The van der Waals surface area contributed by atoms with Crippen molar-refractivity contribution in [3.63, 3.8) is 0 Å². The van der Waals surface area contributed by atoms with E-state index < -0.39 is 11.6 Å². The normalized spacial score (nSPS) is 15.0. The van der Waals surface area contributed by atoms with Crippen molar-refractivity contribution in [3.05, 3.63) is 57.6 Å². The van der Waals surface area contributed by atoms with E-state index in [0.717, 1.165) is 44.0 Å². The van der Waals surface area contributed by atoms with Crippen molar-refractivity contribution in [1.82, 2.24) is 10.2 Å². The van der Waals surface area contributed by atoms with Gasteiger partial charge in [0.15, 0.2) is 23.1 Å². The number of halogens is 3. The van der Waals surface area contributed by atoms with E-state index in [4.69, 9.17) is 9.47 Å². The summed E-state index contributed by atoms with van der Waals surface area (Å²) in [7, 11) is 1.55. The number of amides is 1. The van der Waals surface area contributed by atoms with Gasteiger partial charge in [-0.15, -0.1) is 0 Å². The number of hydrogen-bond acceptors (Lipinski definition) is 4. The van der Waals surface area contributed by atoms with E-state index >= 15 is 0 Å². The van der Waals surface area contributed by atoms with E-state index in [2.05, 4.69) is 26.1 Å². The van der Waals surface area contributed by atoms with Crippen LogP contribution >= 0.6 is 15.9 Å². The van der Waals surface area contributed by atoms with Gasteiger partial charge in [-0.05, 0) is 65.0 Å². The fourth-order valence-electron chi connectivity index (χ4n) is 3.60. The average molecular weight is 497 g/mol. The SMILES string of the molecule is CCCOc1c(Br)cc(C(=O)NC2CCN(Cc3ccc(F)c(F)c3)CC2)cc1OC. The first kappa shape index (κ1) is 23.5. The first-order valence-electron chi connectivity index (χ1n) is 10.4. The molecule has 0 unspecified atom stereocenters. The van der Waals surface area contributed by atoms with Gasteiger partial charge >= 0.3 is 0 Å². The van der Waals surface area contributed by atoms with Gasteiger partial charge in [-0.25, -0.2) is 8.78 Å². The molecular weight excluding hydrogens is 470 g/mol. The molecule has 1 N–H and O–H groups in total. The molecule has 8 heteroatoms. The third kappa shape index (κ3) is 6.17. The third-order valence-electron chi connectivity index (χ3n) is 5.26. The predicted octanol–water partition coefficient (Wildman–Crippen LogP) is 4.92. The Hall–Kier alpha value is -2.19. The van der Waals surface area contributed by atoms with E-state index in [1.807, 2.05) is 6.92 Å². The highest BCUT2D eigenvalue weighted by atomic mass is 79.9. The molecule has 168 valence electrons.